The molecule has 0 aliphatic heterocycles. The van der Waals surface area contributed by atoms with E-state index < -0.39 is 20.8 Å². The van der Waals surface area contributed by atoms with Gasteiger partial charge in [0.1, 0.15) is 0 Å². The van der Waals surface area contributed by atoms with Crippen LogP contribution >= 0.6 is 17.0 Å². The van der Waals surface area contributed by atoms with Crippen LogP contribution in [0.5, 0.6) is 0 Å². The van der Waals surface area contributed by atoms with Gasteiger partial charge in [0, 0.05) is 9.52 Å². The van der Waals surface area contributed by atoms with Crippen LogP contribution in [-0.2, 0) is 26.3 Å². The first-order valence-electron chi connectivity index (χ1n) is 15.9. The van der Waals surface area contributed by atoms with Crippen molar-refractivity contribution in [3.8, 4) is 22.3 Å². The summed E-state index contributed by atoms with van der Waals surface area (Å²) in [5, 5.41) is 5.44. The van der Waals surface area contributed by atoms with Crippen molar-refractivity contribution in [2.45, 2.75) is 79.8 Å². The van der Waals surface area contributed by atoms with Crippen molar-refractivity contribution in [1.29, 1.82) is 0 Å². The minimum absolute atomic E-state index is 0.204. The predicted molar refractivity (Wildman–Crippen MR) is 206 cm³/mol. The average molecular weight is 743 g/mol. The van der Waals surface area contributed by atoms with Gasteiger partial charge in [-0.15, -0.1) is 63.0 Å². The molecule has 0 bridgehead atoms. The molecule has 0 unspecified atom stereocenters. The zero-order valence-corrected chi connectivity index (χ0v) is 34.1. The summed E-state index contributed by atoms with van der Waals surface area (Å²) in [6, 6.07) is 38.1. The third-order valence-corrected chi connectivity index (χ3v) is 8.05. The molecule has 6 rings (SSSR count). The van der Waals surface area contributed by atoms with Gasteiger partial charge < -0.3 is 0 Å². The van der Waals surface area contributed by atoms with E-state index >= 15 is 0 Å². The fourth-order valence-corrected chi connectivity index (χ4v) is 5.71. The first-order chi connectivity index (χ1) is 21.8. The van der Waals surface area contributed by atoms with Crippen LogP contribution in [-0.4, -0.2) is 9.52 Å². The van der Waals surface area contributed by atoms with Crippen LogP contribution in [0.1, 0.15) is 68.4 Å². The Hall–Kier alpha value is -2.22. The molecule has 2 radical (unpaired) electrons. The Morgan fingerprint density at radius 1 is 0.674 bits per heavy atom. The van der Waals surface area contributed by atoms with Crippen LogP contribution in [0, 0.1) is 20.8 Å². The second-order valence-electron chi connectivity index (χ2n) is 13.3. The summed E-state index contributed by atoms with van der Waals surface area (Å²) in [4.78, 5) is 0. The molecule has 0 heterocycles. The van der Waals surface area contributed by atoms with Gasteiger partial charge in [-0.25, -0.2) is 0 Å². The Balaban J connectivity index is 0.000000217. The summed E-state index contributed by atoms with van der Waals surface area (Å²) >= 11 is -0.826. The van der Waals surface area contributed by atoms with Crippen molar-refractivity contribution in [1.82, 2.24) is 0 Å². The van der Waals surface area contributed by atoms with E-state index in [4.69, 9.17) is 17.0 Å². The van der Waals surface area contributed by atoms with E-state index in [1.807, 2.05) is 0 Å². The number of fused-ring (bicyclic) bond motifs is 2. The third-order valence-electron chi connectivity index (χ3n) is 8.05. The van der Waals surface area contributed by atoms with Crippen LogP contribution in [0.2, 0.25) is 13.1 Å². The van der Waals surface area contributed by atoms with Gasteiger partial charge in [0.25, 0.3) is 0 Å². The third kappa shape index (κ3) is 10.1. The van der Waals surface area contributed by atoms with Crippen LogP contribution in [0.25, 0.3) is 43.8 Å². The van der Waals surface area contributed by atoms with E-state index in [2.05, 4.69) is 172 Å². The molecule has 6 aromatic rings. The predicted octanol–water partition coefficient (Wildman–Crippen LogP) is 14.0. The number of halogens is 2. The minimum atomic E-state index is -0.826. The zero-order chi connectivity index (χ0) is 34.0. The first-order valence-corrected chi connectivity index (χ1v) is 24.3. The van der Waals surface area contributed by atoms with E-state index in [0.717, 1.165) is 9.52 Å². The van der Waals surface area contributed by atoms with Gasteiger partial charge >= 0.3 is 37.9 Å². The molecule has 0 saturated carbocycles. The van der Waals surface area contributed by atoms with Crippen molar-refractivity contribution in [2.75, 3.05) is 0 Å². The number of hydrogen-bond acceptors (Lipinski definition) is 0. The monoisotopic (exact) mass is 740 g/mol. The Bertz CT molecular complexity index is 1820. The quantitative estimate of drug-likeness (QED) is 0.125. The molecule has 238 valence electrons. The van der Waals surface area contributed by atoms with Crippen molar-refractivity contribution >= 4 is 48.1 Å². The van der Waals surface area contributed by atoms with Gasteiger partial charge in [0.05, 0.1) is 0 Å². The van der Waals surface area contributed by atoms with Gasteiger partial charge in [-0.1, -0.05) is 132 Å². The molecule has 0 aliphatic carbocycles. The van der Waals surface area contributed by atoms with Gasteiger partial charge in [0.2, 0.25) is 0 Å². The average Bonchev–Trinajstić information content (AvgIpc) is 3.61. The van der Waals surface area contributed by atoms with E-state index in [-0.39, 0.29) is 5.41 Å². The van der Waals surface area contributed by atoms with E-state index in [9.17, 15) is 0 Å². The molecule has 0 aromatic heterocycles. The van der Waals surface area contributed by atoms with E-state index in [0.29, 0.717) is 5.92 Å². The molecule has 0 spiro atoms. The molecule has 46 heavy (non-hydrogen) atoms. The number of hydrogen-bond donors (Lipinski definition) is 0. The van der Waals surface area contributed by atoms with Crippen LogP contribution in [0.4, 0.5) is 0 Å². The summed E-state index contributed by atoms with van der Waals surface area (Å²) in [6.45, 7) is 22.1. The topological polar surface area (TPSA) is 0 Å². The molecular weight excluding hydrogens is 695 g/mol. The molecular formula is C42H48Cl2SiZr. The number of rotatable bonds is 3. The van der Waals surface area contributed by atoms with Gasteiger partial charge in [-0.3, -0.25) is 0 Å². The van der Waals surface area contributed by atoms with Crippen molar-refractivity contribution in [2.24, 2.45) is 0 Å². The molecule has 0 fully saturated rings. The molecule has 0 amide bonds. The van der Waals surface area contributed by atoms with E-state index in [1.54, 1.807) is 0 Å². The fourth-order valence-electron chi connectivity index (χ4n) is 5.71. The molecule has 4 heteroatoms. The Kier molecular flexibility index (Phi) is 14.8. The summed E-state index contributed by atoms with van der Waals surface area (Å²) in [7, 11) is 11.0. The van der Waals surface area contributed by atoms with E-state index in [1.165, 1.54) is 71.6 Å². The van der Waals surface area contributed by atoms with Crippen molar-refractivity contribution in [3.05, 3.63) is 131 Å². The van der Waals surface area contributed by atoms with Crippen LogP contribution in [0.3, 0.4) is 0 Å². The maximum atomic E-state index is 4.93. The fraction of sp³-hybridized carbons (Fsp3) is 0.286. The van der Waals surface area contributed by atoms with Gasteiger partial charge in [-0.2, -0.15) is 12.1 Å². The second kappa shape index (κ2) is 17.8. The molecule has 0 aliphatic rings. The Labute approximate surface area is 299 Å². The normalized spacial score (nSPS) is 10.8. The molecule has 0 saturated heterocycles. The number of benzene rings is 4. The van der Waals surface area contributed by atoms with Crippen LogP contribution in [0.15, 0.2) is 103 Å². The Morgan fingerprint density at radius 3 is 1.85 bits per heavy atom. The summed E-state index contributed by atoms with van der Waals surface area (Å²) in [6.07, 6.45) is 0. The van der Waals surface area contributed by atoms with Crippen molar-refractivity contribution in [3.63, 3.8) is 0 Å². The maximum absolute atomic E-state index is 4.93. The summed E-state index contributed by atoms with van der Waals surface area (Å²) < 4.78 is 0. The van der Waals surface area contributed by atoms with Gasteiger partial charge in [-0.05, 0) is 47.4 Å². The molecule has 0 atom stereocenters. The SMILES string of the molecule is CC(C)c1cc2c(-c3ccc(C(C)(C)C)cc3)cccc2[cH-]1.C[Si]C.Cc1cc(-c2ccccc2C)c2cc(C)[cH-]c2c1.[Cl][Zr+2][Cl]. The second-order valence-corrected chi connectivity index (χ2v) is 18.0. The van der Waals surface area contributed by atoms with Crippen LogP contribution < -0.4 is 0 Å². The number of aryl methyl sites for hydroxylation is 3. The zero-order valence-electron chi connectivity index (χ0n) is 29.1. The standard InChI is InChI=1S/C22H25.C18H17.C2H6Si.2ClH.Zr/c1-15(2)18-13-17-7-6-8-20(21(17)14-18)16-9-11-19(12-10-16)22(3,4)5;1-12-8-15-9-13(2)11-18(17(15)10-12)16-7-5-4-6-14(16)3;1-3-2;;;/h6-15H,1-5H3;4-11H,1-3H3;1-2H3;2*1H;/q2*-1;;;;+4/p-2. The molecule has 0 nitrogen and oxygen atoms in total. The molecule has 0 N–H and O–H groups in total. The first kappa shape index (κ1) is 38.2. The Morgan fingerprint density at radius 2 is 1.26 bits per heavy atom. The molecule has 6 aromatic carbocycles. The summed E-state index contributed by atoms with van der Waals surface area (Å²) in [5.74, 6) is 0.573. The summed E-state index contributed by atoms with van der Waals surface area (Å²) in [5.41, 5.74) is 12.4. The van der Waals surface area contributed by atoms with Crippen molar-refractivity contribution < 1.29 is 20.8 Å². The van der Waals surface area contributed by atoms with Gasteiger partial charge in [0.15, 0.2) is 0 Å².